The van der Waals surface area contributed by atoms with E-state index in [1.807, 2.05) is 21.1 Å². The number of hydrogen-bond acceptors (Lipinski definition) is 7. The van der Waals surface area contributed by atoms with Crippen molar-refractivity contribution in [2.45, 2.75) is 161 Å². The number of phosphoric ester groups is 1. The van der Waals surface area contributed by atoms with Crippen LogP contribution in [0.3, 0.4) is 0 Å². The standard InChI is InChI=1S/C54H90NO7P/c1-6-8-10-12-14-16-18-20-22-24-25-26-27-28-29-30-32-34-36-38-40-42-44-46-49-59-51-53(52-61-63(57,58)60-50-48-55(3,4)5)62-54(56)47-45-43-41-39-37-35-33-31-23-21-19-17-15-13-11-9-7-2/h8-11,14-17,20-23,25-26,28-29,32-35,53H,6-7,12-13,18-19,24,27,30-31,36-52H2,1-5H3/b10-8-,11-9-,16-14-,17-15-,22-20-,23-21-,26-25-,29-28-,34-32-,35-33-. The Kier molecular flexibility index (Phi) is 43.2. The van der Waals surface area contributed by atoms with Crippen LogP contribution < -0.4 is 4.89 Å². The molecule has 0 N–H and O–H groups in total. The second kappa shape index (κ2) is 45.5. The zero-order valence-corrected chi connectivity index (χ0v) is 41.4. The maximum absolute atomic E-state index is 12.7. The molecule has 0 aromatic heterocycles. The fraction of sp³-hybridized carbons (Fsp3) is 0.611. The summed E-state index contributed by atoms with van der Waals surface area (Å²) >= 11 is 0. The summed E-state index contributed by atoms with van der Waals surface area (Å²) in [5.74, 6) is -0.371. The van der Waals surface area contributed by atoms with Crippen molar-refractivity contribution in [1.29, 1.82) is 0 Å². The third-order valence-corrected chi connectivity index (χ3v) is 10.5. The molecule has 2 unspecified atom stereocenters. The molecule has 0 heterocycles. The number of rotatable bonds is 43. The molecule has 0 fully saturated rings. The van der Waals surface area contributed by atoms with E-state index in [1.54, 1.807) is 0 Å². The third-order valence-electron chi connectivity index (χ3n) is 9.51. The average Bonchev–Trinajstić information content (AvgIpc) is 3.24. The molecule has 358 valence electrons. The highest BCUT2D eigenvalue weighted by Crippen LogP contribution is 2.38. The number of carbonyl (C=O) groups is 1. The van der Waals surface area contributed by atoms with E-state index in [4.69, 9.17) is 18.5 Å². The minimum absolute atomic E-state index is 0.00883. The minimum atomic E-state index is -4.55. The van der Waals surface area contributed by atoms with E-state index in [0.29, 0.717) is 17.6 Å². The van der Waals surface area contributed by atoms with Crippen molar-refractivity contribution in [2.24, 2.45) is 0 Å². The van der Waals surface area contributed by atoms with Crippen LogP contribution in [0.2, 0.25) is 0 Å². The molecule has 63 heavy (non-hydrogen) atoms. The van der Waals surface area contributed by atoms with Gasteiger partial charge < -0.3 is 27.9 Å². The van der Waals surface area contributed by atoms with Gasteiger partial charge in [0.25, 0.3) is 7.82 Å². The van der Waals surface area contributed by atoms with E-state index in [1.165, 1.54) is 0 Å². The predicted molar refractivity (Wildman–Crippen MR) is 267 cm³/mol. The van der Waals surface area contributed by atoms with Crippen molar-refractivity contribution in [1.82, 2.24) is 0 Å². The van der Waals surface area contributed by atoms with Crippen molar-refractivity contribution in [2.75, 3.05) is 54.1 Å². The van der Waals surface area contributed by atoms with Gasteiger partial charge >= 0.3 is 5.97 Å². The molecule has 0 aromatic carbocycles. The van der Waals surface area contributed by atoms with Crippen LogP contribution in [-0.4, -0.2) is 70.7 Å². The summed E-state index contributed by atoms with van der Waals surface area (Å²) in [6, 6.07) is 0. The number of ether oxygens (including phenoxy) is 2. The lowest BCUT2D eigenvalue weighted by Crippen LogP contribution is -2.37. The average molecular weight is 896 g/mol. The van der Waals surface area contributed by atoms with E-state index in [0.717, 1.165) is 135 Å². The predicted octanol–water partition coefficient (Wildman–Crippen LogP) is 14.3. The Morgan fingerprint density at radius 1 is 0.492 bits per heavy atom. The van der Waals surface area contributed by atoms with Gasteiger partial charge in [0.2, 0.25) is 0 Å². The summed E-state index contributed by atoms with van der Waals surface area (Å²) < 4.78 is 34.6. The molecule has 0 rings (SSSR count). The fourth-order valence-electron chi connectivity index (χ4n) is 5.83. The number of quaternary nitrogens is 1. The molecule has 0 aliphatic heterocycles. The van der Waals surface area contributed by atoms with Gasteiger partial charge in [-0.25, -0.2) is 0 Å². The minimum Gasteiger partial charge on any atom is -0.756 e. The van der Waals surface area contributed by atoms with Crippen LogP contribution in [0.15, 0.2) is 122 Å². The smallest absolute Gasteiger partial charge is 0.306 e. The van der Waals surface area contributed by atoms with Crippen LogP contribution in [0.1, 0.15) is 155 Å². The van der Waals surface area contributed by atoms with E-state index in [2.05, 4.69) is 135 Å². The van der Waals surface area contributed by atoms with Crippen LogP contribution in [0.4, 0.5) is 0 Å². The largest absolute Gasteiger partial charge is 0.756 e. The first-order valence-electron chi connectivity index (χ1n) is 24.3. The molecule has 0 aliphatic rings. The molecule has 0 amide bonds. The Bertz CT molecular complexity index is 1410. The Balaban J connectivity index is 4.30. The second-order valence-corrected chi connectivity index (χ2v) is 18.1. The van der Waals surface area contributed by atoms with Crippen LogP contribution >= 0.6 is 7.82 Å². The normalized spacial score (nSPS) is 14.7. The lowest BCUT2D eigenvalue weighted by molar-refractivity contribution is -0.870. The summed E-state index contributed by atoms with van der Waals surface area (Å²) in [4.78, 5) is 25.1. The highest BCUT2D eigenvalue weighted by atomic mass is 31.2. The van der Waals surface area contributed by atoms with Gasteiger partial charge in [0.15, 0.2) is 0 Å². The number of hydrogen-bond donors (Lipinski definition) is 0. The topological polar surface area (TPSA) is 94.1 Å². The van der Waals surface area contributed by atoms with Crippen molar-refractivity contribution >= 4 is 13.8 Å². The molecule has 2 atom stereocenters. The van der Waals surface area contributed by atoms with Gasteiger partial charge in [-0.2, -0.15) is 0 Å². The number of nitrogens with zero attached hydrogens (tertiary/aromatic N) is 1. The van der Waals surface area contributed by atoms with Crippen LogP contribution in [0.25, 0.3) is 0 Å². The van der Waals surface area contributed by atoms with Crippen molar-refractivity contribution in [3.63, 3.8) is 0 Å². The number of esters is 1. The Morgan fingerprint density at radius 3 is 1.30 bits per heavy atom. The molecule has 0 saturated carbocycles. The van der Waals surface area contributed by atoms with Gasteiger partial charge in [-0.05, 0) is 103 Å². The van der Waals surface area contributed by atoms with Crippen LogP contribution in [0.5, 0.6) is 0 Å². The summed E-state index contributed by atoms with van der Waals surface area (Å²) in [6.45, 7) is 5.06. The number of carbonyl (C=O) groups excluding carboxylic acids is 1. The van der Waals surface area contributed by atoms with Gasteiger partial charge in [-0.15, -0.1) is 0 Å². The van der Waals surface area contributed by atoms with Gasteiger partial charge in [0, 0.05) is 13.0 Å². The third kappa shape index (κ3) is 49.8. The summed E-state index contributed by atoms with van der Waals surface area (Å²) in [6.07, 6.45) is 65.1. The zero-order chi connectivity index (χ0) is 46.2. The lowest BCUT2D eigenvalue weighted by Gasteiger charge is -2.28. The SMILES string of the molecule is CC/C=C\C/C=C\C/C=C\C/C=C\C/C=C\C/C=C\CCCCCCCOCC(COP(=O)([O-])OCC[N+](C)(C)C)OC(=O)CCCCCC/C=C\C/C=C\C/C=C\C/C=C\CC. The summed E-state index contributed by atoms with van der Waals surface area (Å²) in [7, 11) is 1.30. The first kappa shape index (κ1) is 59.9. The molecular formula is C54H90NO7P. The molecule has 0 aromatic rings. The summed E-state index contributed by atoms with van der Waals surface area (Å²) in [5.41, 5.74) is 0. The van der Waals surface area contributed by atoms with E-state index >= 15 is 0 Å². The molecule has 9 heteroatoms. The van der Waals surface area contributed by atoms with Crippen LogP contribution in [-0.2, 0) is 27.9 Å². The quantitative estimate of drug-likeness (QED) is 0.0198. The summed E-state index contributed by atoms with van der Waals surface area (Å²) in [5, 5.41) is 0. The molecule has 0 radical (unpaired) electrons. The van der Waals surface area contributed by atoms with E-state index in [-0.39, 0.29) is 32.2 Å². The molecule has 0 bridgehead atoms. The van der Waals surface area contributed by atoms with Crippen molar-refractivity contribution < 1.29 is 37.3 Å². The molecule has 0 spiro atoms. The van der Waals surface area contributed by atoms with Gasteiger partial charge in [-0.3, -0.25) is 9.36 Å². The van der Waals surface area contributed by atoms with Crippen molar-refractivity contribution in [3.05, 3.63) is 122 Å². The first-order valence-corrected chi connectivity index (χ1v) is 25.7. The number of likely N-dealkylation sites (N-methyl/N-ethyl adjacent to an activating group) is 1. The van der Waals surface area contributed by atoms with Crippen molar-refractivity contribution in [3.8, 4) is 0 Å². The fourth-order valence-corrected chi connectivity index (χ4v) is 6.56. The maximum atomic E-state index is 12.7. The Hall–Kier alpha value is -3.10. The monoisotopic (exact) mass is 896 g/mol. The zero-order valence-electron chi connectivity index (χ0n) is 40.5. The first-order chi connectivity index (χ1) is 30.6. The maximum Gasteiger partial charge on any atom is 0.306 e. The molecule has 0 aliphatic carbocycles. The second-order valence-electron chi connectivity index (χ2n) is 16.7. The van der Waals surface area contributed by atoms with Gasteiger partial charge in [-0.1, -0.05) is 167 Å². The number of allylic oxidation sites excluding steroid dienone is 20. The lowest BCUT2D eigenvalue weighted by atomic mass is 10.1. The molecular weight excluding hydrogens is 806 g/mol. The van der Waals surface area contributed by atoms with E-state index in [9.17, 15) is 14.3 Å². The Labute approximate surface area is 386 Å². The van der Waals surface area contributed by atoms with E-state index < -0.39 is 13.9 Å². The van der Waals surface area contributed by atoms with Crippen LogP contribution in [0, 0.1) is 0 Å². The Morgan fingerprint density at radius 2 is 0.873 bits per heavy atom. The molecule has 8 nitrogen and oxygen atoms in total. The number of phosphoric acid groups is 1. The highest BCUT2D eigenvalue weighted by molar-refractivity contribution is 7.45. The highest BCUT2D eigenvalue weighted by Gasteiger charge is 2.20. The van der Waals surface area contributed by atoms with Gasteiger partial charge in [0.05, 0.1) is 34.4 Å². The van der Waals surface area contributed by atoms with Gasteiger partial charge in [0.1, 0.15) is 19.3 Å². The molecule has 0 saturated heterocycles. The number of unbranched alkanes of at least 4 members (excludes halogenated alkanes) is 9.